The predicted molar refractivity (Wildman–Crippen MR) is 97.4 cm³/mol. The number of nitrogens with zero attached hydrogens (tertiary/aromatic N) is 1. The molecular formula is C19H15ClN2O5. The molecule has 0 aliphatic carbocycles. The van der Waals surface area contributed by atoms with Crippen LogP contribution in [0.25, 0.3) is 0 Å². The number of ether oxygens (including phenoxy) is 1. The van der Waals surface area contributed by atoms with Crippen molar-refractivity contribution < 1.29 is 23.9 Å². The summed E-state index contributed by atoms with van der Waals surface area (Å²) < 4.78 is 5.04. The molecule has 3 rings (SSSR count). The largest absolute Gasteiger partial charge is 0.451 e. The van der Waals surface area contributed by atoms with Crippen LogP contribution in [0.3, 0.4) is 0 Å². The molecule has 2 aromatic rings. The molecule has 0 saturated carbocycles. The van der Waals surface area contributed by atoms with Crippen molar-refractivity contribution in [3.05, 3.63) is 64.7 Å². The standard InChI is InChI=1S/C19H15ClN2O5/c1-11(17(24)21-15-9-5-4-8-14(15)20)27-16(23)10-22-18(25)12-6-2-3-7-13(12)19(22)26/h2-9,11H,10H2,1H3,(H,21,24)/t11-/m1/s1. The normalized spacial score (nSPS) is 13.9. The molecule has 1 atom stereocenters. The van der Waals surface area contributed by atoms with E-state index in [0.717, 1.165) is 4.90 Å². The first kappa shape index (κ1) is 18.6. The van der Waals surface area contributed by atoms with Gasteiger partial charge in [0.25, 0.3) is 17.7 Å². The Morgan fingerprint density at radius 1 is 1.04 bits per heavy atom. The van der Waals surface area contributed by atoms with Crippen molar-refractivity contribution in [3.63, 3.8) is 0 Å². The molecule has 1 heterocycles. The Bertz CT molecular complexity index is 908. The van der Waals surface area contributed by atoms with Crippen LogP contribution in [0, 0.1) is 0 Å². The number of fused-ring (bicyclic) bond motifs is 1. The number of nitrogens with one attached hydrogen (secondary N) is 1. The molecule has 3 amide bonds. The summed E-state index contributed by atoms with van der Waals surface area (Å²) in [6.45, 7) is 0.808. The molecule has 1 aliphatic heterocycles. The molecule has 27 heavy (non-hydrogen) atoms. The number of benzene rings is 2. The lowest BCUT2D eigenvalue weighted by Crippen LogP contribution is -2.38. The first-order valence-corrected chi connectivity index (χ1v) is 8.46. The Balaban J connectivity index is 1.59. The highest BCUT2D eigenvalue weighted by Gasteiger charge is 2.37. The van der Waals surface area contributed by atoms with Crippen molar-refractivity contribution in [3.8, 4) is 0 Å². The number of halogens is 1. The van der Waals surface area contributed by atoms with Crippen LogP contribution in [0.15, 0.2) is 48.5 Å². The summed E-state index contributed by atoms with van der Waals surface area (Å²) in [5, 5.41) is 2.89. The average Bonchev–Trinajstić information content (AvgIpc) is 2.89. The monoisotopic (exact) mass is 386 g/mol. The maximum absolute atomic E-state index is 12.2. The lowest BCUT2D eigenvalue weighted by molar-refractivity contribution is -0.153. The molecule has 1 N–H and O–H groups in total. The van der Waals surface area contributed by atoms with Gasteiger partial charge in [-0.05, 0) is 31.2 Å². The van der Waals surface area contributed by atoms with Crippen molar-refractivity contribution >= 4 is 41.0 Å². The second-order valence-electron chi connectivity index (χ2n) is 5.84. The van der Waals surface area contributed by atoms with Crippen molar-refractivity contribution in [1.29, 1.82) is 0 Å². The Morgan fingerprint density at radius 3 is 2.19 bits per heavy atom. The summed E-state index contributed by atoms with van der Waals surface area (Å²) in [5.74, 6) is -2.59. The fraction of sp³-hybridized carbons (Fsp3) is 0.158. The van der Waals surface area contributed by atoms with E-state index in [2.05, 4.69) is 5.32 Å². The van der Waals surface area contributed by atoms with E-state index in [1.807, 2.05) is 0 Å². The topological polar surface area (TPSA) is 92.8 Å². The van der Waals surface area contributed by atoms with Crippen LogP contribution in [0.5, 0.6) is 0 Å². The summed E-state index contributed by atoms with van der Waals surface area (Å²) in [5.41, 5.74) is 0.854. The number of imide groups is 1. The minimum atomic E-state index is -1.14. The van der Waals surface area contributed by atoms with E-state index in [-0.39, 0.29) is 11.1 Å². The smallest absolute Gasteiger partial charge is 0.326 e. The third-order valence-corrected chi connectivity index (χ3v) is 4.30. The van der Waals surface area contributed by atoms with Gasteiger partial charge in [0.1, 0.15) is 6.54 Å². The molecule has 1 aliphatic rings. The van der Waals surface area contributed by atoms with Crippen LogP contribution in [0.4, 0.5) is 5.69 Å². The van der Waals surface area contributed by atoms with Gasteiger partial charge in [-0.25, -0.2) is 0 Å². The van der Waals surface area contributed by atoms with Gasteiger partial charge in [0.15, 0.2) is 6.10 Å². The van der Waals surface area contributed by atoms with Crippen molar-refractivity contribution in [2.75, 3.05) is 11.9 Å². The summed E-state index contributed by atoms with van der Waals surface area (Å²) in [7, 11) is 0. The molecule has 0 radical (unpaired) electrons. The van der Waals surface area contributed by atoms with Gasteiger partial charge in [-0.3, -0.25) is 24.1 Å². The zero-order valence-corrected chi connectivity index (χ0v) is 15.0. The zero-order chi connectivity index (χ0) is 19.6. The lowest BCUT2D eigenvalue weighted by Gasteiger charge is -2.17. The Morgan fingerprint density at radius 2 is 1.59 bits per heavy atom. The van der Waals surface area contributed by atoms with E-state index in [4.69, 9.17) is 16.3 Å². The number of para-hydroxylation sites is 1. The van der Waals surface area contributed by atoms with Crippen LogP contribution >= 0.6 is 11.6 Å². The molecule has 0 fully saturated rings. The second-order valence-corrected chi connectivity index (χ2v) is 6.25. The highest BCUT2D eigenvalue weighted by molar-refractivity contribution is 6.33. The van der Waals surface area contributed by atoms with E-state index in [9.17, 15) is 19.2 Å². The van der Waals surface area contributed by atoms with Gasteiger partial charge in [-0.1, -0.05) is 35.9 Å². The van der Waals surface area contributed by atoms with E-state index >= 15 is 0 Å². The number of carbonyl (C=O) groups is 4. The van der Waals surface area contributed by atoms with Gasteiger partial charge >= 0.3 is 5.97 Å². The third-order valence-electron chi connectivity index (χ3n) is 3.97. The predicted octanol–water partition coefficient (Wildman–Crippen LogP) is 2.51. The molecule has 0 aromatic heterocycles. The fourth-order valence-electron chi connectivity index (χ4n) is 2.60. The number of carbonyl (C=O) groups excluding carboxylic acids is 4. The highest BCUT2D eigenvalue weighted by Crippen LogP contribution is 2.23. The van der Waals surface area contributed by atoms with Crippen molar-refractivity contribution in [2.45, 2.75) is 13.0 Å². The van der Waals surface area contributed by atoms with Gasteiger partial charge in [-0.15, -0.1) is 0 Å². The summed E-state index contributed by atoms with van der Waals surface area (Å²) in [6, 6.07) is 12.9. The van der Waals surface area contributed by atoms with Gasteiger partial charge in [0.05, 0.1) is 21.8 Å². The Kier molecular flexibility index (Phi) is 5.23. The number of anilines is 1. The molecule has 0 spiro atoms. The molecule has 8 heteroatoms. The minimum absolute atomic E-state index is 0.236. The van der Waals surface area contributed by atoms with Gasteiger partial charge in [0.2, 0.25) is 0 Å². The molecule has 0 unspecified atom stereocenters. The Labute approximate surface area is 159 Å². The quantitative estimate of drug-likeness (QED) is 0.629. The van der Waals surface area contributed by atoms with Crippen LogP contribution < -0.4 is 5.32 Å². The van der Waals surface area contributed by atoms with Crippen molar-refractivity contribution in [1.82, 2.24) is 4.90 Å². The molecule has 0 saturated heterocycles. The van der Waals surface area contributed by atoms with Crippen LogP contribution in [-0.4, -0.2) is 41.2 Å². The van der Waals surface area contributed by atoms with E-state index < -0.39 is 36.3 Å². The number of esters is 1. The van der Waals surface area contributed by atoms with Gasteiger partial charge < -0.3 is 10.1 Å². The lowest BCUT2D eigenvalue weighted by atomic mass is 10.1. The highest BCUT2D eigenvalue weighted by atomic mass is 35.5. The molecular weight excluding hydrogens is 372 g/mol. The van der Waals surface area contributed by atoms with E-state index in [1.165, 1.54) is 19.1 Å². The number of rotatable bonds is 5. The second kappa shape index (κ2) is 7.59. The molecule has 2 aromatic carbocycles. The molecule has 7 nitrogen and oxygen atoms in total. The third kappa shape index (κ3) is 3.83. The summed E-state index contributed by atoms with van der Waals surface area (Å²) in [4.78, 5) is 49.5. The number of hydrogen-bond acceptors (Lipinski definition) is 5. The molecule has 0 bridgehead atoms. The maximum Gasteiger partial charge on any atom is 0.326 e. The Hall–Kier alpha value is -3.19. The van der Waals surface area contributed by atoms with E-state index in [0.29, 0.717) is 10.7 Å². The first-order chi connectivity index (χ1) is 12.9. The van der Waals surface area contributed by atoms with E-state index in [1.54, 1.807) is 36.4 Å². The van der Waals surface area contributed by atoms with Gasteiger partial charge in [0, 0.05) is 0 Å². The van der Waals surface area contributed by atoms with Gasteiger partial charge in [-0.2, -0.15) is 0 Å². The zero-order valence-electron chi connectivity index (χ0n) is 14.3. The number of amides is 3. The first-order valence-electron chi connectivity index (χ1n) is 8.08. The summed E-state index contributed by atoms with van der Waals surface area (Å²) >= 11 is 5.96. The van der Waals surface area contributed by atoms with Crippen LogP contribution in [-0.2, 0) is 14.3 Å². The minimum Gasteiger partial charge on any atom is -0.451 e. The maximum atomic E-state index is 12.2. The SMILES string of the molecule is C[C@@H](OC(=O)CN1C(=O)c2ccccc2C1=O)C(=O)Nc1ccccc1Cl. The molecule has 138 valence electrons. The summed E-state index contributed by atoms with van der Waals surface area (Å²) in [6.07, 6.45) is -1.14. The number of hydrogen-bond donors (Lipinski definition) is 1. The van der Waals surface area contributed by atoms with Crippen molar-refractivity contribution in [2.24, 2.45) is 0 Å². The van der Waals surface area contributed by atoms with Crippen LogP contribution in [0.2, 0.25) is 5.02 Å². The average molecular weight is 387 g/mol. The van der Waals surface area contributed by atoms with Crippen LogP contribution in [0.1, 0.15) is 27.6 Å². The fourth-order valence-corrected chi connectivity index (χ4v) is 2.78.